The maximum absolute atomic E-state index is 11.7. The number of aliphatic hydroxyl groups is 1. The van der Waals surface area contributed by atoms with Crippen LogP contribution < -0.4 is 10.6 Å². The second-order valence-corrected chi connectivity index (χ2v) is 6.68. The summed E-state index contributed by atoms with van der Waals surface area (Å²) in [5.74, 6) is 0. The van der Waals surface area contributed by atoms with Gasteiger partial charge in [-0.2, -0.15) is 0 Å². The smallest absolute Gasteiger partial charge is 0.314 e. The van der Waals surface area contributed by atoms with Crippen LogP contribution in [0.4, 0.5) is 4.79 Å². The minimum Gasteiger partial charge on any atom is -0.393 e. The van der Waals surface area contributed by atoms with E-state index in [1.807, 2.05) is 13.8 Å². The molecular weight excluding hydrogens is 252 g/mol. The van der Waals surface area contributed by atoms with Gasteiger partial charge in [0.2, 0.25) is 0 Å². The van der Waals surface area contributed by atoms with Crippen LogP contribution in [-0.2, 0) is 0 Å². The van der Waals surface area contributed by atoms with E-state index in [9.17, 15) is 9.90 Å². The molecule has 0 aliphatic heterocycles. The fourth-order valence-corrected chi connectivity index (χ4v) is 2.72. The van der Waals surface area contributed by atoms with Crippen molar-refractivity contribution in [2.45, 2.75) is 65.4 Å². The summed E-state index contributed by atoms with van der Waals surface area (Å²) < 4.78 is 0. The molecule has 116 valence electrons. The van der Waals surface area contributed by atoms with Crippen molar-refractivity contribution in [2.24, 2.45) is 5.41 Å². The van der Waals surface area contributed by atoms with E-state index >= 15 is 0 Å². The summed E-state index contributed by atoms with van der Waals surface area (Å²) in [5.41, 5.74) is 1.39. The number of hydrogen-bond donors (Lipinski definition) is 3. The van der Waals surface area contributed by atoms with Crippen LogP contribution >= 0.6 is 0 Å². The van der Waals surface area contributed by atoms with Gasteiger partial charge in [0.05, 0.1) is 6.10 Å². The molecule has 1 aliphatic rings. The van der Waals surface area contributed by atoms with E-state index in [1.165, 1.54) is 31.3 Å². The summed E-state index contributed by atoms with van der Waals surface area (Å²) in [6.07, 6.45) is 8.58. The summed E-state index contributed by atoms with van der Waals surface area (Å²) >= 11 is 0. The SMILES string of the molecule is C[C@@H](O)CC(C)(C)CNC(=O)NCCC1=CCCCC1. The van der Waals surface area contributed by atoms with Gasteiger partial charge in [-0.1, -0.05) is 25.5 Å². The van der Waals surface area contributed by atoms with Gasteiger partial charge in [-0.15, -0.1) is 0 Å². The van der Waals surface area contributed by atoms with E-state index < -0.39 is 0 Å². The van der Waals surface area contributed by atoms with Gasteiger partial charge in [0.15, 0.2) is 0 Å². The highest BCUT2D eigenvalue weighted by atomic mass is 16.3. The molecule has 0 radical (unpaired) electrons. The Kier molecular flexibility index (Phi) is 7.06. The van der Waals surface area contributed by atoms with Crippen molar-refractivity contribution in [1.29, 1.82) is 0 Å². The lowest BCUT2D eigenvalue weighted by Crippen LogP contribution is -2.41. The first kappa shape index (κ1) is 17.0. The summed E-state index contributed by atoms with van der Waals surface area (Å²) in [5, 5.41) is 15.2. The molecule has 1 atom stereocenters. The van der Waals surface area contributed by atoms with Crippen LogP contribution in [0.15, 0.2) is 11.6 Å². The largest absolute Gasteiger partial charge is 0.393 e. The predicted molar refractivity (Wildman–Crippen MR) is 82.6 cm³/mol. The lowest BCUT2D eigenvalue weighted by molar-refractivity contribution is 0.129. The number of allylic oxidation sites excluding steroid dienone is 1. The molecule has 0 saturated heterocycles. The average molecular weight is 282 g/mol. The molecule has 0 aromatic rings. The van der Waals surface area contributed by atoms with Crippen LogP contribution in [0.3, 0.4) is 0 Å². The van der Waals surface area contributed by atoms with Gasteiger partial charge in [-0.05, 0) is 50.9 Å². The fourth-order valence-electron chi connectivity index (χ4n) is 2.72. The Morgan fingerprint density at radius 3 is 2.75 bits per heavy atom. The Labute approximate surface area is 123 Å². The first-order chi connectivity index (χ1) is 9.39. The topological polar surface area (TPSA) is 61.4 Å². The second kappa shape index (κ2) is 8.30. The molecule has 4 heteroatoms. The Morgan fingerprint density at radius 2 is 2.15 bits per heavy atom. The average Bonchev–Trinajstić information content (AvgIpc) is 2.36. The molecule has 0 aromatic heterocycles. The van der Waals surface area contributed by atoms with Crippen LogP contribution in [-0.4, -0.2) is 30.3 Å². The number of urea groups is 1. The van der Waals surface area contributed by atoms with E-state index in [0.717, 1.165) is 6.42 Å². The molecule has 0 saturated carbocycles. The highest BCUT2D eigenvalue weighted by Crippen LogP contribution is 2.21. The standard InChI is InChI=1S/C16H30N2O2/c1-13(19)11-16(2,3)12-18-15(20)17-10-9-14-7-5-4-6-8-14/h7,13,19H,4-6,8-12H2,1-3H3,(H2,17,18,20)/t13-/m1/s1. The molecule has 1 rings (SSSR count). The Morgan fingerprint density at radius 1 is 1.40 bits per heavy atom. The molecule has 0 aromatic carbocycles. The molecule has 0 heterocycles. The summed E-state index contributed by atoms with van der Waals surface area (Å²) in [4.78, 5) is 11.7. The normalized spacial score (nSPS) is 17.3. The van der Waals surface area contributed by atoms with Gasteiger partial charge in [-0.25, -0.2) is 4.79 Å². The highest BCUT2D eigenvalue weighted by molar-refractivity contribution is 5.73. The Balaban J connectivity index is 2.15. The molecule has 20 heavy (non-hydrogen) atoms. The molecule has 0 bridgehead atoms. The lowest BCUT2D eigenvalue weighted by Gasteiger charge is -2.26. The zero-order valence-electron chi connectivity index (χ0n) is 13.2. The number of carbonyl (C=O) groups excluding carboxylic acids is 1. The highest BCUT2D eigenvalue weighted by Gasteiger charge is 2.20. The molecule has 0 unspecified atom stereocenters. The zero-order chi connectivity index (χ0) is 15.0. The fraction of sp³-hybridized carbons (Fsp3) is 0.812. The van der Waals surface area contributed by atoms with Gasteiger partial charge in [0.1, 0.15) is 0 Å². The molecule has 0 spiro atoms. The van der Waals surface area contributed by atoms with Crippen LogP contribution in [0.5, 0.6) is 0 Å². The third kappa shape index (κ3) is 7.53. The van der Waals surface area contributed by atoms with E-state index in [1.54, 1.807) is 6.92 Å². The number of aliphatic hydroxyl groups excluding tert-OH is 1. The number of hydrogen-bond acceptors (Lipinski definition) is 2. The zero-order valence-corrected chi connectivity index (χ0v) is 13.2. The monoisotopic (exact) mass is 282 g/mol. The molecule has 2 amide bonds. The van der Waals surface area contributed by atoms with Crippen molar-refractivity contribution in [1.82, 2.24) is 10.6 Å². The maximum Gasteiger partial charge on any atom is 0.314 e. The third-order valence-corrected chi connectivity index (χ3v) is 3.69. The quantitative estimate of drug-likeness (QED) is 0.629. The summed E-state index contributed by atoms with van der Waals surface area (Å²) in [7, 11) is 0. The number of rotatable bonds is 7. The van der Waals surface area contributed by atoms with Gasteiger partial charge in [0, 0.05) is 13.1 Å². The Bertz CT molecular complexity index is 335. The first-order valence-electron chi connectivity index (χ1n) is 7.77. The van der Waals surface area contributed by atoms with Crippen molar-refractivity contribution in [2.75, 3.05) is 13.1 Å². The van der Waals surface area contributed by atoms with E-state index in [2.05, 4.69) is 16.7 Å². The van der Waals surface area contributed by atoms with Crippen LogP contribution in [0, 0.1) is 5.41 Å². The van der Waals surface area contributed by atoms with Gasteiger partial charge < -0.3 is 15.7 Å². The molecule has 4 nitrogen and oxygen atoms in total. The van der Waals surface area contributed by atoms with Gasteiger partial charge in [-0.3, -0.25) is 0 Å². The number of amides is 2. The minimum absolute atomic E-state index is 0.0859. The number of nitrogens with one attached hydrogen (secondary N) is 2. The second-order valence-electron chi connectivity index (χ2n) is 6.68. The van der Waals surface area contributed by atoms with Gasteiger partial charge >= 0.3 is 6.03 Å². The maximum atomic E-state index is 11.7. The molecular formula is C16H30N2O2. The van der Waals surface area contributed by atoms with E-state index in [4.69, 9.17) is 0 Å². The summed E-state index contributed by atoms with van der Waals surface area (Å²) in [6.45, 7) is 7.15. The summed E-state index contributed by atoms with van der Waals surface area (Å²) in [6, 6.07) is -0.111. The molecule has 3 N–H and O–H groups in total. The van der Waals surface area contributed by atoms with E-state index in [0.29, 0.717) is 19.5 Å². The molecule has 1 aliphatic carbocycles. The number of carbonyl (C=O) groups is 1. The van der Waals surface area contributed by atoms with Crippen LogP contribution in [0.2, 0.25) is 0 Å². The molecule has 0 fully saturated rings. The van der Waals surface area contributed by atoms with Crippen LogP contribution in [0.1, 0.15) is 59.3 Å². The first-order valence-corrected chi connectivity index (χ1v) is 7.77. The Hall–Kier alpha value is -1.03. The van der Waals surface area contributed by atoms with Crippen molar-refractivity contribution < 1.29 is 9.90 Å². The third-order valence-electron chi connectivity index (χ3n) is 3.69. The van der Waals surface area contributed by atoms with Gasteiger partial charge in [0.25, 0.3) is 0 Å². The predicted octanol–water partition coefficient (Wildman–Crippen LogP) is 2.97. The lowest BCUT2D eigenvalue weighted by atomic mass is 9.87. The van der Waals surface area contributed by atoms with Crippen molar-refractivity contribution in [3.05, 3.63) is 11.6 Å². The van der Waals surface area contributed by atoms with Crippen molar-refractivity contribution >= 4 is 6.03 Å². The van der Waals surface area contributed by atoms with Crippen molar-refractivity contribution in [3.8, 4) is 0 Å². The van der Waals surface area contributed by atoms with Crippen molar-refractivity contribution in [3.63, 3.8) is 0 Å². The van der Waals surface area contributed by atoms with E-state index in [-0.39, 0.29) is 17.6 Å². The van der Waals surface area contributed by atoms with Crippen LogP contribution in [0.25, 0.3) is 0 Å². The minimum atomic E-state index is -0.340.